The van der Waals surface area contributed by atoms with Gasteiger partial charge in [-0.1, -0.05) is 38.1 Å². The second-order valence-electron chi connectivity index (χ2n) is 7.43. The molecule has 1 N–H and O–H groups in total. The predicted octanol–water partition coefficient (Wildman–Crippen LogP) is 4.71. The molecule has 0 heterocycles. The van der Waals surface area contributed by atoms with E-state index in [4.69, 9.17) is 14.7 Å². The highest BCUT2D eigenvalue weighted by Gasteiger charge is 2.15. The molecule has 0 aliphatic rings. The third-order valence-electron chi connectivity index (χ3n) is 3.75. The Morgan fingerprint density at radius 1 is 1.12 bits per heavy atom. The minimum atomic E-state index is -0.548. The molecule has 0 aromatic heterocycles. The van der Waals surface area contributed by atoms with Gasteiger partial charge in [-0.25, -0.2) is 4.79 Å². The van der Waals surface area contributed by atoms with Crippen molar-refractivity contribution in [2.24, 2.45) is 5.16 Å². The number of esters is 1. The Morgan fingerprint density at radius 2 is 1.76 bits per heavy atom. The van der Waals surface area contributed by atoms with E-state index < -0.39 is 5.97 Å². The molecule has 0 atom stereocenters. The van der Waals surface area contributed by atoms with E-state index in [-0.39, 0.29) is 17.2 Å². The first-order valence-corrected chi connectivity index (χ1v) is 8.89. The van der Waals surface area contributed by atoms with Gasteiger partial charge in [0.25, 0.3) is 0 Å². The number of benzene rings is 1. The van der Waals surface area contributed by atoms with Crippen molar-refractivity contribution in [1.82, 2.24) is 0 Å². The molecule has 0 bridgehead atoms. The summed E-state index contributed by atoms with van der Waals surface area (Å²) in [6.07, 6.45) is 2.69. The van der Waals surface area contributed by atoms with Crippen molar-refractivity contribution in [2.75, 3.05) is 6.61 Å². The number of hydrogen-bond donors (Lipinski definition) is 1. The van der Waals surface area contributed by atoms with Gasteiger partial charge in [-0.15, -0.1) is 0 Å². The molecule has 0 unspecified atom stereocenters. The topological polar surface area (TPSA) is 68.1 Å². The summed E-state index contributed by atoms with van der Waals surface area (Å²) in [4.78, 5) is 11.6. The molecule has 0 radical (unpaired) electrons. The molecule has 5 heteroatoms. The van der Waals surface area contributed by atoms with Crippen molar-refractivity contribution in [3.8, 4) is 5.75 Å². The zero-order valence-corrected chi connectivity index (χ0v) is 16.0. The Kier molecular flexibility index (Phi) is 8.46. The molecule has 1 aromatic carbocycles. The van der Waals surface area contributed by atoms with E-state index in [0.29, 0.717) is 13.0 Å². The molecule has 0 aliphatic heterocycles. The predicted molar refractivity (Wildman–Crippen MR) is 99.6 cm³/mol. The van der Waals surface area contributed by atoms with Gasteiger partial charge < -0.3 is 14.7 Å². The van der Waals surface area contributed by atoms with Gasteiger partial charge in [0, 0.05) is 6.42 Å². The van der Waals surface area contributed by atoms with Gasteiger partial charge in [0.15, 0.2) is 5.71 Å². The van der Waals surface area contributed by atoms with E-state index in [9.17, 15) is 4.79 Å². The number of carbonyl (C=O) groups excluding carboxylic acids is 1. The molecule has 0 spiro atoms. The molecule has 5 nitrogen and oxygen atoms in total. The number of hydrogen-bond acceptors (Lipinski definition) is 5. The molecular formula is C20H31NO4. The monoisotopic (exact) mass is 349 g/mol. The van der Waals surface area contributed by atoms with Crippen LogP contribution in [0.3, 0.4) is 0 Å². The van der Waals surface area contributed by atoms with Gasteiger partial charge >= 0.3 is 5.97 Å². The third kappa shape index (κ3) is 8.05. The SMILES string of the molecule is CC(C)OC(=O)/C(CCCCCOc1ccc(C(C)(C)C)cc1)=N/O. The van der Waals surface area contributed by atoms with Crippen LogP contribution in [0, 0.1) is 0 Å². The molecule has 1 aromatic rings. The largest absolute Gasteiger partial charge is 0.494 e. The molecule has 140 valence electrons. The normalized spacial score (nSPS) is 12.3. The maximum absolute atomic E-state index is 11.6. The highest BCUT2D eigenvalue weighted by atomic mass is 16.5. The lowest BCUT2D eigenvalue weighted by molar-refractivity contribution is -0.139. The van der Waals surface area contributed by atoms with Gasteiger partial charge in [0.05, 0.1) is 12.7 Å². The first kappa shape index (κ1) is 21.0. The summed E-state index contributed by atoms with van der Waals surface area (Å²) in [6, 6.07) is 8.19. The zero-order valence-electron chi connectivity index (χ0n) is 16.0. The first-order chi connectivity index (χ1) is 11.7. The maximum atomic E-state index is 11.6. The third-order valence-corrected chi connectivity index (χ3v) is 3.75. The number of carbonyl (C=O) groups is 1. The Balaban J connectivity index is 2.25. The molecular weight excluding hydrogens is 318 g/mol. The Labute approximate surface area is 151 Å². The van der Waals surface area contributed by atoms with Crippen LogP contribution in [-0.2, 0) is 14.9 Å². The van der Waals surface area contributed by atoms with E-state index in [2.05, 4.69) is 38.1 Å². The molecule has 0 aliphatic carbocycles. The van der Waals surface area contributed by atoms with Crippen LogP contribution in [0.15, 0.2) is 29.4 Å². The van der Waals surface area contributed by atoms with Crippen molar-refractivity contribution < 1.29 is 19.5 Å². The van der Waals surface area contributed by atoms with Crippen molar-refractivity contribution in [2.45, 2.75) is 71.8 Å². The molecule has 25 heavy (non-hydrogen) atoms. The lowest BCUT2D eigenvalue weighted by atomic mass is 9.87. The highest BCUT2D eigenvalue weighted by Crippen LogP contribution is 2.24. The van der Waals surface area contributed by atoms with Gasteiger partial charge in [0.2, 0.25) is 0 Å². The summed E-state index contributed by atoms with van der Waals surface area (Å²) in [6.45, 7) is 10.7. The highest BCUT2D eigenvalue weighted by molar-refractivity contribution is 6.36. The molecule has 0 saturated heterocycles. The number of oxime groups is 1. The number of ether oxygens (including phenoxy) is 2. The lowest BCUT2D eigenvalue weighted by Gasteiger charge is -2.19. The molecule has 0 fully saturated rings. The fourth-order valence-corrected chi connectivity index (χ4v) is 2.29. The summed E-state index contributed by atoms with van der Waals surface area (Å²) in [5.41, 5.74) is 1.50. The fraction of sp³-hybridized carbons (Fsp3) is 0.600. The van der Waals surface area contributed by atoms with Crippen LogP contribution in [0.5, 0.6) is 5.75 Å². The van der Waals surface area contributed by atoms with Crippen LogP contribution in [0.25, 0.3) is 0 Å². The summed E-state index contributed by atoms with van der Waals surface area (Å²) in [5.74, 6) is 0.318. The average molecular weight is 349 g/mol. The van der Waals surface area contributed by atoms with Crippen LogP contribution < -0.4 is 4.74 Å². The number of unbranched alkanes of at least 4 members (excludes halogenated alkanes) is 2. The summed E-state index contributed by atoms with van der Waals surface area (Å²) in [5, 5.41) is 11.9. The minimum absolute atomic E-state index is 0.0763. The van der Waals surface area contributed by atoms with E-state index in [1.807, 2.05) is 12.1 Å². The van der Waals surface area contributed by atoms with Gasteiger partial charge in [0.1, 0.15) is 5.75 Å². The van der Waals surface area contributed by atoms with E-state index >= 15 is 0 Å². The van der Waals surface area contributed by atoms with Crippen molar-refractivity contribution >= 4 is 11.7 Å². The van der Waals surface area contributed by atoms with Crippen molar-refractivity contribution in [3.05, 3.63) is 29.8 Å². The summed E-state index contributed by atoms with van der Waals surface area (Å²) >= 11 is 0. The molecule has 1 rings (SSSR count). The van der Waals surface area contributed by atoms with Gasteiger partial charge in [-0.05, 0) is 56.2 Å². The van der Waals surface area contributed by atoms with E-state index in [0.717, 1.165) is 25.0 Å². The van der Waals surface area contributed by atoms with Crippen LogP contribution in [0.4, 0.5) is 0 Å². The van der Waals surface area contributed by atoms with Crippen LogP contribution in [0.2, 0.25) is 0 Å². The van der Waals surface area contributed by atoms with Gasteiger partial charge in [-0.3, -0.25) is 0 Å². The van der Waals surface area contributed by atoms with Crippen LogP contribution >= 0.6 is 0 Å². The summed E-state index contributed by atoms with van der Waals surface area (Å²) in [7, 11) is 0. The number of nitrogens with zero attached hydrogens (tertiary/aromatic N) is 1. The lowest BCUT2D eigenvalue weighted by Crippen LogP contribution is -2.21. The minimum Gasteiger partial charge on any atom is -0.494 e. The average Bonchev–Trinajstić information content (AvgIpc) is 2.53. The molecule has 0 amide bonds. The fourth-order valence-electron chi connectivity index (χ4n) is 2.29. The Morgan fingerprint density at radius 3 is 2.28 bits per heavy atom. The van der Waals surface area contributed by atoms with Crippen LogP contribution in [0.1, 0.15) is 65.9 Å². The van der Waals surface area contributed by atoms with Crippen molar-refractivity contribution in [3.63, 3.8) is 0 Å². The zero-order chi connectivity index (χ0) is 18.9. The summed E-state index contributed by atoms with van der Waals surface area (Å²) < 4.78 is 10.8. The van der Waals surface area contributed by atoms with E-state index in [1.54, 1.807) is 13.8 Å². The first-order valence-electron chi connectivity index (χ1n) is 8.89. The standard InChI is InChI=1S/C20H31NO4/c1-15(2)25-19(22)18(21-23)9-7-6-8-14-24-17-12-10-16(11-13-17)20(3,4)5/h10-13,15,23H,6-9,14H2,1-5H3/b21-18+. The van der Waals surface area contributed by atoms with Crippen molar-refractivity contribution in [1.29, 1.82) is 0 Å². The Hall–Kier alpha value is -2.04. The second-order valence-corrected chi connectivity index (χ2v) is 7.43. The Bertz CT molecular complexity index is 556. The number of rotatable bonds is 9. The second kappa shape index (κ2) is 10.1. The van der Waals surface area contributed by atoms with Gasteiger partial charge in [-0.2, -0.15) is 0 Å². The molecule has 0 saturated carbocycles. The maximum Gasteiger partial charge on any atom is 0.356 e. The smallest absolute Gasteiger partial charge is 0.356 e. The van der Waals surface area contributed by atoms with Crippen LogP contribution in [-0.4, -0.2) is 29.6 Å². The van der Waals surface area contributed by atoms with E-state index in [1.165, 1.54) is 5.56 Å². The quantitative estimate of drug-likeness (QED) is 0.231.